The quantitative estimate of drug-likeness (QED) is 0.792. The Kier molecular flexibility index (Phi) is 2.21. The van der Waals surface area contributed by atoms with Gasteiger partial charge >= 0.3 is 0 Å². The van der Waals surface area contributed by atoms with E-state index in [9.17, 15) is 4.79 Å². The number of aliphatic imine (C=N–C) groups is 1. The standard InChI is InChI=1S/C16H13N3O/c17-16-18-9-14-10-5-1-2-6-11(10)15(20)12-7-3-4-8-13(12)19(14)16/h1-8,14H,9H2,(H2,17,18)/t14-/m0/s1. The number of nitrogens with zero attached hydrogens (tertiary/aromatic N) is 2. The molecule has 0 fully saturated rings. The predicted molar refractivity (Wildman–Crippen MR) is 78.0 cm³/mol. The third kappa shape index (κ3) is 1.36. The topological polar surface area (TPSA) is 58.7 Å². The molecule has 20 heavy (non-hydrogen) atoms. The molecule has 0 radical (unpaired) electrons. The Labute approximate surface area is 116 Å². The van der Waals surface area contributed by atoms with Gasteiger partial charge in [-0.1, -0.05) is 36.4 Å². The van der Waals surface area contributed by atoms with E-state index >= 15 is 0 Å². The summed E-state index contributed by atoms with van der Waals surface area (Å²) in [4.78, 5) is 19.1. The first-order valence-corrected chi connectivity index (χ1v) is 6.59. The van der Waals surface area contributed by atoms with Crippen LogP contribution in [0, 0.1) is 0 Å². The van der Waals surface area contributed by atoms with E-state index in [4.69, 9.17) is 5.73 Å². The van der Waals surface area contributed by atoms with Gasteiger partial charge in [0.15, 0.2) is 11.7 Å². The molecule has 2 N–H and O–H groups in total. The minimum atomic E-state index is 0.0128. The Bertz CT molecular complexity index is 751. The van der Waals surface area contributed by atoms with E-state index < -0.39 is 0 Å². The van der Waals surface area contributed by atoms with Gasteiger partial charge in [-0.15, -0.1) is 0 Å². The largest absolute Gasteiger partial charge is 0.369 e. The number of hydrogen-bond donors (Lipinski definition) is 1. The third-order valence-electron chi connectivity index (χ3n) is 3.96. The van der Waals surface area contributed by atoms with Crippen molar-refractivity contribution in [3.8, 4) is 0 Å². The second-order valence-corrected chi connectivity index (χ2v) is 5.02. The van der Waals surface area contributed by atoms with Crippen LogP contribution >= 0.6 is 0 Å². The van der Waals surface area contributed by atoms with E-state index in [0.29, 0.717) is 18.1 Å². The summed E-state index contributed by atoms with van der Waals surface area (Å²) < 4.78 is 0. The first kappa shape index (κ1) is 11.2. The molecular weight excluding hydrogens is 250 g/mol. The summed E-state index contributed by atoms with van der Waals surface area (Å²) in [7, 11) is 0. The normalized spacial score (nSPS) is 19.8. The fraction of sp³-hybridized carbons (Fsp3) is 0.125. The van der Waals surface area contributed by atoms with E-state index in [1.165, 1.54) is 0 Å². The number of nitrogens with two attached hydrogens (primary N) is 1. The molecule has 4 rings (SSSR count). The molecule has 4 nitrogen and oxygen atoms in total. The summed E-state index contributed by atoms with van der Waals surface area (Å²) >= 11 is 0. The van der Waals surface area contributed by atoms with Gasteiger partial charge in [0.2, 0.25) is 0 Å². The number of fused-ring (bicyclic) bond motifs is 5. The van der Waals surface area contributed by atoms with Crippen molar-refractivity contribution in [2.45, 2.75) is 6.04 Å². The van der Waals surface area contributed by atoms with Crippen LogP contribution in [0.1, 0.15) is 27.5 Å². The molecule has 2 heterocycles. The summed E-state index contributed by atoms with van der Waals surface area (Å²) in [6.07, 6.45) is 0. The minimum Gasteiger partial charge on any atom is -0.369 e. The van der Waals surface area contributed by atoms with E-state index in [1.54, 1.807) is 0 Å². The van der Waals surface area contributed by atoms with Crippen LogP contribution in [0.2, 0.25) is 0 Å². The highest BCUT2D eigenvalue weighted by atomic mass is 16.1. The molecule has 4 heteroatoms. The van der Waals surface area contributed by atoms with Gasteiger partial charge < -0.3 is 10.6 Å². The molecule has 0 spiro atoms. The van der Waals surface area contributed by atoms with E-state index in [1.807, 2.05) is 53.4 Å². The third-order valence-corrected chi connectivity index (χ3v) is 3.96. The number of para-hydroxylation sites is 1. The van der Waals surface area contributed by atoms with E-state index in [-0.39, 0.29) is 11.8 Å². The highest BCUT2D eigenvalue weighted by Crippen LogP contribution is 2.39. The molecule has 0 saturated heterocycles. The number of anilines is 1. The van der Waals surface area contributed by atoms with Crippen LogP contribution in [0.5, 0.6) is 0 Å². The Morgan fingerprint density at radius 2 is 1.75 bits per heavy atom. The molecular formula is C16H13N3O. The number of carbonyl (C=O) groups excluding carboxylic acids is 1. The Hall–Kier alpha value is -2.62. The van der Waals surface area contributed by atoms with Gasteiger partial charge in [-0.25, -0.2) is 0 Å². The second kappa shape index (κ2) is 3.93. The molecule has 0 aromatic heterocycles. The molecule has 0 unspecified atom stereocenters. The number of benzene rings is 2. The highest BCUT2D eigenvalue weighted by Gasteiger charge is 2.36. The molecule has 0 bridgehead atoms. The number of ketones is 1. The Morgan fingerprint density at radius 1 is 1.05 bits per heavy atom. The second-order valence-electron chi connectivity index (χ2n) is 5.02. The number of guanidine groups is 1. The first-order valence-electron chi connectivity index (χ1n) is 6.59. The molecule has 0 amide bonds. The zero-order chi connectivity index (χ0) is 13.7. The van der Waals surface area contributed by atoms with Crippen molar-refractivity contribution in [1.82, 2.24) is 0 Å². The average molecular weight is 263 g/mol. The van der Waals surface area contributed by atoms with Crippen molar-refractivity contribution in [2.75, 3.05) is 11.4 Å². The number of rotatable bonds is 0. The van der Waals surface area contributed by atoms with Crippen molar-refractivity contribution in [3.63, 3.8) is 0 Å². The molecule has 2 aromatic rings. The van der Waals surface area contributed by atoms with E-state index in [2.05, 4.69) is 4.99 Å². The van der Waals surface area contributed by atoms with Gasteiger partial charge in [0.05, 0.1) is 18.3 Å². The maximum absolute atomic E-state index is 12.8. The Morgan fingerprint density at radius 3 is 2.60 bits per heavy atom. The fourth-order valence-corrected chi connectivity index (χ4v) is 3.04. The van der Waals surface area contributed by atoms with Crippen LogP contribution in [0.4, 0.5) is 5.69 Å². The number of carbonyl (C=O) groups is 1. The average Bonchev–Trinajstić information content (AvgIpc) is 2.83. The zero-order valence-electron chi connectivity index (χ0n) is 10.8. The molecule has 2 aromatic carbocycles. The summed E-state index contributed by atoms with van der Waals surface area (Å²) in [6.45, 7) is 0.588. The molecule has 2 aliphatic heterocycles. The predicted octanol–water partition coefficient (Wildman–Crippen LogP) is 2.11. The van der Waals surface area contributed by atoms with Gasteiger partial charge in [0.25, 0.3) is 0 Å². The van der Waals surface area contributed by atoms with Crippen molar-refractivity contribution >= 4 is 17.4 Å². The highest BCUT2D eigenvalue weighted by molar-refractivity contribution is 6.17. The number of hydrogen-bond acceptors (Lipinski definition) is 4. The van der Waals surface area contributed by atoms with Crippen LogP contribution in [-0.4, -0.2) is 18.3 Å². The van der Waals surface area contributed by atoms with Gasteiger partial charge in [0, 0.05) is 11.1 Å². The van der Waals surface area contributed by atoms with Crippen LogP contribution in [0.15, 0.2) is 53.5 Å². The van der Waals surface area contributed by atoms with Gasteiger partial charge in [-0.3, -0.25) is 9.79 Å². The maximum atomic E-state index is 12.8. The summed E-state index contributed by atoms with van der Waals surface area (Å²) in [5, 5.41) is 0. The smallest absolute Gasteiger partial charge is 0.196 e. The summed E-state index contributed by atoms with van der Waals surface area (Å²) in [6, 6.07) is 15.3. The Balaban J connectivity index is 2.05. The minimum absolute atomic E-state index is 0.0128. The van der Waals surface area contributed by atoms with Gasteiger partial charge in [-0.05, 0) is 17.7 Å². The van der Waals surface area contributed by atoms with Gasteiger partial charge in [-0.2, -0.15) is 0 Å². The summed E-state index contributed by atoms with van der Waals surface area (Å²) in [5.41, 5.74) is 9.31. The van der Waals surface area contributed by atoms with Gasteiger partial charge in [0.1, 0.15) is 0 Å². The molecule has 0 saturated carbocycles. The summed E-state index contributed by atoms with van der Waals surface area (Å²) in [5.74, 6) is 0.533. The monoisotopic (exact) mass is 263 g/mol. The van der Waals surface area contributed by atoms with E-state index in [0.717, 1.165) is 16.8 Å². The molecule has 1 atom stereocenters. The lowest BCUT2D eigenvalue weighted by Gasteiger charge is -2.26. The SMILES string of the molecule is NC1=NC[C@H]2c3ccccc3C(=O)c3ccccc3N12. The lowest BCUT2D eigenvalue weighted by Crippen LogP contribution is -2.36. The van der Waals surface area contributed by atoms with Crippen molar-refractivity contribution < 1.29 is 4.79 Å². The lowest BCUT2D eigenvalue weighted by atomic mass is 9.96. The zero-order valence-corrected chi connectivity index (χ0v) is 10.8. The molecule has 2 aliphatic rings. The van der Waals surface area contributed by atoms with Crippen molar-refractivity contribution in [2.24, 2.45) is 10.7 Å². The van der Waals surface area contributed by atoms with Crippen LogP contribution in [0.3, 0.4) is 0 Å². The fourth-order valence-electron chi connectivity index (χ4n) is 3.04. The first-order chi connectivity index (χ1) is 9.77. The lowest BCUT2D eigenvalue weighted by molar-refractivity contribution is 0.103. The van der Waals surface area contributed by atoms with Crippen molar-refractivity contribution in [1.29, 1.82) is 0 Å². The molecule has 0 aliphatic carbocycles. The molecule has 98 valence electrons. The van der Waals surface area contributed by atoms with Crippen LogP contribution < -0.4 is 10.6 Å². The maximum Gasteiger partial charge on any atom is 0.196 e. The van der Waals surface area contributed by atoms with Crippen molar-refractivity contribution in [3.05, 3.63) is 65.2 Å². The van der Waals surface area contributed by atoms with Crippen LogP contribution in [-0.2, 0) is 0 Å². The van der Waals surface area contributed by atoms with Crippen LogP contribution in [0.25, 0.3) is 0 Å².